The van der Waals surface area contributed by atoms with Crippen molar-refractivity contribution in [3.8, 4) is 0 Å². The number of nitrogens with one attached hydrogen (secondary N) is 1. The highest BCUT2D eigenvalue weighted by atomic mass is 19.4. The van der Waals surface area contributed by atoms with E-state index >= 15 is 0 Å². The van der Waals surface area contributed by atoms with Crippen molar-refractivity contribution >= 4 is 5.78 Å². The fourth-order valence-electron chi connectivity index (χ4n) is 2.63. The molecule has 1 aromatic rings. The summed E-state index contributed by atoms with van der Waals surface area (Å²) in [4.78, 5) is 12.6. The van der Waals surface area contributed by atoms with E-state index < -0.39 is 17.2 Å². The molecule has 0 spiro atoms. The Hall–Kier alpha value is -1.36. The molecule has 1 saturated heterocycles. The molecular weight excluding hydrogens is 267 g/mol. The molecule has 110 valence electrons. The van der Waals surface area contributed by atoms with Crippen LogP contribution in [-0.2, 0) is 6.18 Å². The Morgan fingerprint density at radius 2 is 1.85 bits per heavy atom. The van der Waals surface area contributed by atoms with Crippen molar-refractivity contribution in [3.05, 3.63) is 34.9 Å². The largest absolute Gasteiger partial charge is 0.416 e. The predicted molar refractivity (Wildman–Crippen MR) is 70.7 cm³/mol. The van der Waals surface area contributed by atoms with E-state index in [1.165, 1.54) is 6.07 Å². The minimum absolute atomic E-state index is 0.0507. The molecule has 1 fully saturated rings. The molecule has 20 heavy (non-hydrogen) atoms. The molecule has 2 rings (SSSR count). The number of aryl methyl sites for hydroxylation is 1. The number of rotatable bonds is 2. The minimum Gasteiger partial charge on any atom is -0.317 e. The van der Waals surface area contributed by atoms with E-state index in [2.05, 4.69) is 5.32 Å². The Kier molecular flexibility index (Phi) is 3.91. The molecule has 1 aliphatic heterocycles. The van der Waals surface area contributed by atoms with E-state index in [0.717, 1.165) is 25.2 Å². The fraction of sp³-hybridized carbons (Fsp3) is 0.533. The molecule has 0 saturated carbocycles. The van der Waals surface area contributed by atoms with Gasteiger partial charge in [-0.15, -0.1) is 0 Å². The number of hydrogen-bond acceptors (Lipinski definition) is 2. The molecule has 1 heterocycles. The summed E-state index contributed by atoms with van der Waals surface area (Å²) in [5.41, 5.74) is -0.385. The van der Waals surface area contributed by atoms with Gasteiger partial charge in [-0.25, -0.2) is 0 Å². The molecule has 2 nitrogen and oxygen atoms in total. The topological polar surface area (TPSA) is 29.1 Å². The van der Waals surface area contributed by atoms with Gasteiger partial charge in [-0.2, -0.15) is 13.2 Å². The van der Waals surface area contributed by atoms with Crippen LogP contribution in [0.3, 0.4) is 0 Å². The number of ketones is 1. The second-order valence-corrected chi connectivity index (χ2v) is 5.67. The van der Waals surface area contributed by atoms with Gasteiger partial charge in [0, 0.05) is 11.0 Å². The van der Waals surface area contributed by atoms with Gasteiger partial charge in [-0.3, -0.25) is 4.79 Å². The highest BCUT2D eigenvalue weighted by molar-refractivity contribution is 6.01. The molecule has 1 N–H and O–H groups in total. The summed E-state index contributed by atoms with van der Waals surface area (Å²) >= 11 is 0. The number of Topliss-reactive ketones (excluding diaryl/α,β-unsaturated/α-hetero) is 1. The monoisotopic (exact) mass is 285 g/mol. The maximum absolute atomic E-state index is 12.6. The van der Waals surface area contributed by atoms with Crippen molar-refractivity contribution in [1.29, 1.82) is 0 Å². The zero-order valence-corrected chi connectivity index (χ0v) is 11.6. The molecule has 0 radical (unpaired) electrons. The highest BCUT2D eigenvalue weighted by Crippen LogP contribution is 2.35. The van der Waals surface area contributed by atoms with E-state index in [1.54, 1.807) is 6.92 Å². The van der Waals surface area contributed by atoms with E-state index in [-0.39, 0.29) is 5.78 Å². The lowest BCUT2D eigenvalue weighted by Crippen LogP contribution is -2.40. The standard InChI is InChI=1S/C15H18F3NO/c1-10-9-11(15(16,17)18)3-4-12(10)13(20)14(2)5-7-19-8-6-14/h3-4,9,19H,5-8H2,1-2H3. The molecule has 1 aliphatic rings. The van der Waals surface area contributed by atoms with Crippen LogP contribution in [-0.4, -0.2) is 18.9 Å². The zero-order chi connectivity index (χ0) is 15.0. The third-order valence-electron chi connectivity index (χ3n) is 4.05. The Morgan fingerprint density at radius 1 is 1.25 bits per heavy atom. The summed E-state index contributed by atoms with van der Waals surface area (Å²) < 4.78 is 37.9. The lowest BCUT2D eigenvalue weighted by atomic mass is 9.74. The molecule has 0 bridgehead atoms. The van der Waals surface area contributed by atoms with Crippen LogP contribution in [0.15, 0.2) is 18.2 Å². The summed E-state index contributed by atoms with van der Waals surface area (Å²) in [5.74, 6) is -0.0507. The number of alkyl halides is 3. The van der Waals surface area contributed by atoms with Gasteiger partial charge >= 0.3 is 6.18 Å². The molecule has 1 aromatic carbocycles. The number of hydrogen-bond donors (Lipinski definition) is 1. The highest BCUT2D eigenvalue weighted by Gasteiger charge is 2.37. The van der Waals surface area contributed by atoms with Gasteiger partial charge in [0.05, 0.1) is 5.56 Å². The van der Waals surface area contributed by atoms with Crippen molar-refractivity contribution in [2.45, 2.75) is 32.9 Å². The maximum Gasteiger partial charge on any atom is 0.416 e. The summed E-state index contributed by atoms with van der Waals surface area (Å²) in [6.45, 7) is 4.99. The van der Waals surface area contributed by atoms with Crippen molar-refractivity contribution in [2.75, 3.05) is 13.1 Å². The summed E-state index contributed by atoms with van der Waals surface area (Å²) in [5, 5.41) is 3.19. The van der Waals surface area contributed by atoms with Crippen LogP contribution in [0.2, 0.25) is 0 Å². The first-order valence-electron chi connectivity index (χ1n) is 6.67. The van der Waals surface area contributed by atoms with Gasteiger partial charge in [0.2, 0.25) is 0 Å². The Morgan fingerprint density at radius 3 is 2.35 bits per heavy atom. The van der Waals surface area contributed by atoms with E-state index in [4.69, 9.17) is 0 Å². The summed E-state index contributed by atoms with van der Waals surface area (Å²) in [6.07, 6.45) is -2.94. The maximum atomic E-state index is 12.6. The van der Waals surface area contributed by atoms with Crippen LogP contribution in [0.1, 0.15) is 41.3 Å². The van der Waals surface area contributed by atoms with Crippen LogP contribution >= 0.6 is 0 Å². The van der Waals surface area contributed by atoms with Gasteiger partial charge in [-0.05, 0) is 50.6 Å². The normalized spacial score (nSPS) is 18.9. The van der Waals surface area contributed by atoms with Crippen molar-refractivity contribution < 1.29 is 18.0 Å². The predicted octanol–water partition coefficient (Wildman–Crippen LogP) is 3.59. The van der Waals surface area contributed by atoms with Crippen LogP contribution < -0.4 is 5.32 Å². The third-order valence-corrected chi connectivity index (χ3v) is 4.05. The third kappa shape index (κ3) is 2.87. The molecule has 0 aromatic heterocycles. The first-order chi connectivity index (χ1) is 9.24. The van der Waals surface area contributed by atoms with Crippen LogP contribution in [0.4, 0.5) is 13.2 Å². The van der Waals surface area contributed by atoms with E-state index in [0.29, 0.717) is 24.0 Å². The molecule has 0 atom stereocenters. The number of halogens is 3. The van der Waals surface area contributed by atoms with Gasteiger partial charge < -0.3 is 5.32 Å². The Bertz CT molecular complexity index is 516. The average Bonchev–Trinajstić information content (AvgIpc) is 2.37. The molecule has 5 heteroatoms. The fourth-order valence-corrected chi connectivity index (χ4v) is 2.63. The van der Waals surface area contributed by atoms with Crippen LogP contribution in [0.5, 0.6) is 0 Å². The zero-order valence-electron chi connectivity index (χ0n) is 11.6. The number of carbonyl (C=O) groups excluding carboxylic acids is 1. The first kappa shape index (κ1) is 15.0. The SMILES string of the molecule is Cc1cc(C(F)(F)F)ccc1C(=O)C1(C)CCNCC1. The second kappa shape index (κ2) is 5.20. The van der Waals surface area contributed by atoms with Gasteiger partial charge in [0.25, 0.3) is 0 Å². The quantitative estimate of drug-likeness (QED) is 0.841. The van der Waals surface area contributed by atoms with Crippen molar-refractivity contribution in [2.24, 2.45) is 5.41 Å². The molecule has 0 aliphatic carbocycles. The van der Waals surface area contributed by atoms with Gasteiger partial charge in [0.15, 0.2) is 5.78 Å². The summed E-state index contributed by atoms with van der Waals surface area (Å²) in [6, 6.07) is 3.36. The molecule has 0 amide bonds. The van der Waals surface area contributed by atoms with Crippen LogP contribution in [0, 0.1) is 12.3 Å². The lowest BCUT2D eigenvalue weighted by molar-refractivity contribution is -0.137. The van der Waals surface area contributed by atoms with E-state index in [1.807, 2.05) is 6.92 Å². The second-order valence-electron chi connectivity index (χ2n) is 5.67. The molecular formula is C15H18F3NO. The van der Waals surface area contributed by atoms with Crippen LogP contribution in [0.25, 0.3) is 0 Å². The molecule has 0 unspecified atom stereocenters. The smallest absolute Gasteiger partial charge is 0.317 e. The van der Waals surface area contributed by atoms with Gasteiger partial charge in [-0.1, -0.05) is 13.0 Å². The summed E-state index contributed by atoms with van der Waals surface area (Å²) in [7, 11) is 0. The first-order valence-corrected chi connectivity index (χ1v) is 6.67. The van der Waals surface area contributed by atoms with E-state index in [9.17, 15) is 18.0 Å². The minimum atomic E-state index is -4.37. The number of benzene rings is 1. The van der Waals surface area contributed by atoms with Crippen molar-refractivity contribution in [3.63, 3.8) is 0 Å². The van der Waals surface area contributed by atoms with Crippen molar-refractivity contribution in [1.82, 2.24) is 5.32 Å². The Balaban J connectivity index is 2.31. The average molecular weight is 285 g/mol. The lowest BCUT2D eigenvalue weighted by Gasteiger charge is -2.33. The number of piperidine rings is 1. The van der Waals surface area contributed by atoms with Gasteiger partial charge in [0.1, 0.15) is 0 Å². The number of carbonyl (C=O) groups is 1. The Labute approximate surface area is 116 Å².